The molecule has 0 bridgehead atoms. The summed E-state index contributed by atoms with van der Waals surface area (Å²) in [6, 6.07) is 0. The Balaban J connectivity index is 4.58. The molecule has 16 nitrogen and oxygen atoms in total. The van der Waals surface area contributed by atoms with Crippen LogP contribution in [0, 0.1) is 0 Å². The molecule has 18 heteroatoms. The van der Waals surface area contributed by atoms with Crippen LogP contribution < -0.4 is 0 Å². The fraction of sp³-hybridized carbons (Fsp3) is 0.716. The van der Waals surface area contributed by atoms with Crippen molar-refractivity contribution in [3.05, 3.63) is 170 Å². The van der Waals surface area contributed by atoms with E-state index in [4.69, 9.17) is 32.3 Å². The lowest BCUT2D eigenvalue weighted by molar-refractivity contribution is -0.161. The van der Waals surface area contributed by atoms with Crippen LogP contribution >= 0.6 is 15.6 Å². The second-order valence-corrected chi connectivity index (χ2v) is 37.1. The molecule has 127 heavy (non-hydrogen) atoms. The number of hydrogen-bond acceptors (Lipinski definition) is 14. The third kappa shape index (κ3) is 101. The molecule has 5 atom stereocenters. The molecule has 0 rings (SSSR count). The molecule has 0 aliphatic heterocycles. The van der Waals surface area contributed by atoms with Crippen LogP contribution in [0.4, 0.5) is 0 Å². The molecule has 0 fully saturated rings. The minimum absolute atomic E-state index is 0.0958. The molecule has 0 saturated carbocycles. The number of aliphatic hydroxyl groups is 2. The highest BCUT2D eigenvalue weighted by Gasteiger charge is 2.30. The highest BCUT2D eigenvalue weighted by atomic mass is 31.2. The van der Waals surface area contributed by atoms with E-state index in [1.807, 2.05) is 0 Å². The van der Waals surface area contributed by atoms with E-state index in [2.05, 4.69) is 191 Å². The van der Waals surface area contributed by atoms with Gasteiger partial charge in [-0.25, -0.2) is 9.13 Å². The Morgan fingerprint density at radius 2 is 0.417 bits per heavy atom. The van der Waals surface area contributed by atoms with Crippen LogP contribution in [0.3, 0.4) is 0 Å². The van der Waals surface area contributed by atoms with Crippen LogP contribution in [0.1, 0.15) is 445 Å². The maximum atomic E-state index is 13.1. The summed E-state index contributed by atoms with van der Waals surface area (Å²) in [6.07, 6.45) is 131. The number of esters is 3. The van der Waals surface area contributed by atoms with Crippen molar-refractivity contribution in [1.82, 2.24) is 0 Å². The number of phosphoric ester groups is 2. The molecule has 0 heterocycles. The Bertz CT molecular complexity index is 2990. The van der Waals surface area contributed by atoms with Crippen LogP contribution in [-0.2, 0) is 55.8 Å². The van der Waals surface area contributed by atoms with Gasteiger partial charge in [0.05, 0.1) is 26.4 Å². The lowest BCUT2D eigenvalue weighted by Gasteiger charge is -2.21. The molecule has 0 aromatic carbocycles. The molecular weight excluding hydrogens is 1630 g/mol. The van der Waals surface area contributed by atoms with Crippen molar-refractivity contribution >= 4 is 33.6 Å². The van der Waals surface area contributed by atoms with Gasteiger partial charge in [0.25, 0.3) is 0 Å². The van der Waals surface area contributed by atoms with E-state index in [0.717, 1.165) is 154 Å². The summed E-state index contributed by atoms with van der Waals surface area (Å²) in [5, 5.41) is 20.8. The number of ether oxygens (including phenoxy) is 3. The Hall–Kier alpha value is -5.09. The van der Waals surface area contributed by atoms with E-state index >= 15 is 0 Å². The molecule has 730 valence electrons. The van der Waals surface area contributed by atoms with Gasteiger partial charge in [0.1, 0.15) is 25.4 Å². The second-order valence-electron chi connectivity index (χ2n) is 34.2. The van der Waals surface area contributed by atoms with Crippen LogP contribution in [0.5, 0.6) is 0 Å². The minimum atomic E-state index is -4.95. The van der Waals surface area contributed by atoms with Crippen LogP contribution in [-0.4, -0.2) is 95.9 Å². The monoisotopic (exact) mass is 1820 g/mol. The number of hydrogen-bond donors (Lipinski definition) is 4. The van der Waals surface area contributed by atoms with Gasteiger partial charge >= 0.3 is 33.6 Å². The molecule has 0 aliphatic carbocycles. The molecule has 0 spiro atoms. The fourth-order valence-corrected chi connectivity index (χ4v) is 15.8. The maximum absolute atomic E-state index is 13.1. The van der Waals surface area contributed by atoms with E-state index in [1.54, 1.807) is 0 Å². The Kier molecular flexibility index (Phi) is 95.9. The van der Waals surface area contributed by atoms with E-state index in [0.29, 0.717) is 19.3 Å². The first-order valence-corrected chi connectivity index (χ1v) is 54.4. The maximum Gasteiger partial charge on any atom is 0.472 e. The van der Waals surface area contributed by atoms with E-state index < -0.39 is 91.5 Å². The number of phosphoric acid groups is 2. The first-order chi connectivity index (χ1) is 62.2. The average Bonchev–Trinajstić information content (AvgIpc) is 0.899. The zero-order valence-corrected chi connectivity index (χ0v) is 82.7. The van der Waals surface area contributed by atoms with E-state index in [-0.39, 0.29) is 19.3 Å². The SMILES string of the molecule is CC/C=C\C/C=C\C/C=C\C/C=C\C/C=C\CCCCCCCCCCCCCCCCCCCC(=O)OCC(O)COP(=O)(O)OCC(O)COP(=O)(O)OCC(COC(=O)CCCCCCCCCCCCCCCCCCC/C=C\C/C=C\C/C=C\C/C=C\C/C=C\CC)OC(=O)CCCCCCCCCCC/C=C\C/C=C\C/C=C\C/C=C\CCCCC. The van der Waals surface area contributed by atoms with Crippen LogP contribution in [0.2, 0.25) is 0 Å². The number of carbonyl (C=O) groups is 3. The lowest BCUT2D eigenvalue weighted by Crippen LogP contribution is -2.30. The van der Waals surface area contributed by atoms with Crippen molar-refractivity contribution in [2.24, 2.45) is 0 Å². The van der Waals surface area contributed by atoms with Gasteiger partial charge in [0.15, 0.2) is 6.10 Å². The first kappa shape index (κ1) is 122. The van der Waals surface area contributed by atoms with Crippen molar-refractivity contribution < 1.29 is 75.8 Å². The smallest absolute Gasteiger partial charge is 0.463 e. The van der Waals surface area contributed by atoms with Crippen molar-refractivity contribution in [3.63, 3.8) is 0 Å². The molecule has 5 unspecified atom stereocenters. The number of carbonyl (C=O) groups excluding carboxylic acids is 3. The topological polar surface area (TPSA) is 231 Å². The number of unbranched alkanes of at least 4 members (excludes halogenated alkanes) is 46. The molecule has 0 aliphatic rings. The van der Waals surface area contributed by atoms with Crippen molar-refractivity contribution in [2.45, 2.75) is 463 Å². The third-order valence-electron chi connectivity index (χ3n) is 21.9. The summed E-state index contributed by atoms with van der Waals surface area (Å²) in [5.74, 6) is -1.56. The Morgan fingerprint density at radius 1 is 0.228 bits per heavy atom. The van der Waals surface area contributed by atoms with Crippen molar-refractivity contribution in [1.29, 1.82) is 0 Å². The Labute approximate surface area is 777 Å². The predicted octanol–water partition coefficient (Wildman–Crippen LogP) is 32.6. The fourth-order valence-electron chi connectivity index (χ4n) is 14.2. The molecule has 0 aromatic rings. The number of allylic oxidation sites excluding steroid dienone is 28. The molecule has 0 aromatic heterocycles. The van der Waals surface area contributed by atoms with E-state index in [1.165, 1.54) is 231 Å². The number of rotatable bonds is 97. The predicted molar refractivity (Wildman–Crippen MR) is 537 cm³/mol. The van der Waals surface area contributed by atoms with Gasteiger partial charge in [-0.15, -0.1) is 0 Å². The molecule has 4 N–H and O–H groups in total. The summed E-state index contributed by atoms with van der Waals surface area (Å²) in [5.41, 5.74) is 0. The third-order valence-corrected chi connectivity index (χ3v) is 23.8. The molecule has 0 amide bonds. The van der Waals surface area contributed by atoms with Gasteiger partial charge in [0.2, 0.25) is 0 Å². The minimum Gasteiger partial charge on any atom is -0.463 e. The Morgan fingerprint density at radius 3 is 0.661 bits per heavy atom. The van der Waals surface area contributed by atoms with Gasteiger partial charge in [-0.05, 0) is 154 Å². The highest BCUT2D eigenvalue weighted by Crippen LogP contribution is 2.45. The van der Waals surface area contributed by atoms with E-state index in [9.17, 15) is 43.5 Å². The molecular formula is C109H188O16P2. The van der Waals surface area contributed by atoms with Gasteiger partial charge < -0.3 is 34.2 Å². The summed E-state index contributed by atoms with van der Waals surface area (Å²) in [7, 11) is -9.82. The van der Waals surface area contributed by atoms with Crippen LogP contribution in [0.15, 0.2) is 170 Å². The largest absolute Gasteiger partial charge is 0.472 e. The molecule has 0 saturated heterocycles. The standard InChI is InChI=1S/C109H188O16P2/c1-4-7-10-13-16-19-22-25-28-31-34-37-40-43-45-47-49-51-53-55-57-60-62-65-68-71-74-77-80-83-86-89-92-95-107(112)119-98-104(110)99-121-126(115,116)122-100-105(111)101-123-127(117,118)124-103-106(125-109(114)97-94-91-88-85-82-79-76-73-70-67-64-59-42-39-36-33-30-27-24-21-18-15-12-9-6-3)102-120-108(113)96-93-90-87-84-81-78-75-72-69-66-63-61-58-56-54-52-50-48-46-44-41-38-35-32-29-26-23-20-17-14-11-8-5-2/h7-8,10-11,16-21,25-30,34-39,43-46,59,64,104-106,110-111H,4-6,9,12-15,22-24,31-33,40-42,47-58,60-63,65-103H2,1-3H3,(H,115,116)(H,117,118)/b10-7-,11-8-,19-16-,20-17-,21-18-,28-25-,29-26-,30-27-,37-34-,38-35-,39-36-,45-43-,46-44-,64-59-. The second kappa shape index (κ2) is 99.9. The van der Waals surface area contributed by atoms with Gasteiger partial charge in [-0.3, -0.25) is 32.5 Å². The highest BCUT2D eigenvalue weighted by molar-refractivity contribution is 7.47. The normalized spacial score (nSPS) is 14.4. The summed E-state index contributed by atoms with van der Waals surface area (Å²) >= 11 is 0. The quantitative estimate of drug-likeness (QED) is 0.0146. The average molecular weight is 1820 g/mol. The first-order valence-electron chi connectivity index (χ1n) is 51.4. The van der Waals surface area contributed by atoms with Crippen molar-refractivity contribution in [2.75, 3.05) is 39.6 Å². The lowest BCUT2D eigenvalue weighted by atomic mass is 10.0. The summed E-state index contributed by atoms with van der Waals surface area (Å²) in [4.78, 5) is 59.2. The van der Waals surface area contributed by atoms with Crippen molar-refractivity contribution in [3.8, 4) is 0 Å². The summed E-state index contributed by atoms with van der Waals surface area (Å²) < 4.78 is 61.7. The molecule has 0 radical (unpaired) electrons. The van der Waals surface area contributed by atoms with Gasteiger partial charge in [-0.2, -0.15) is 0 Å². The van der Waals surface area contributed by atoms with Gasteiger partial charge in [0, 0.05) is 19.3 Å². The summed E-state index contributed by atoms with van der Waals surface area (Å²) in [6.45, 7) is 2.50. The van der Waals surface area contributed by atoms with Crippen LogP contribution in [0.25, 0.3) is 0 Å². The zero-order valence-electron chi connectivity index (χ0n) is 80.9. The zero-order chi connectivity index (χ0) is 92.1. The van der Waals surface area contributed by atoms with Gasteiger partial charge in [-0.1, -0.05) is 441 Å². The number of aliphatic hydroxyl groups excluding tert-OH is 2.